The molecule has 0 bridgehead atoms. The highest BCUT2D eigenvalue weighted by Crippen LogP contribution is 2.38. The number of carboxylic acid groups (broad SMARTS) is 1. The van der Waals surface area contributed by atoms with E-state index >= 15 is 0 Å². The van der Waals surface area contributed by atoms with Gasteiger partial charge in [-0.1, -0.05) is 11.6 Å². The zero-order valence-corrected chi connectivity index (χ0v) is 15.3. The molecule has 1 aliphatic heterocycles. The molecule has 1 saturated heterocycles. The SMILES string of the molecule is CN(C(=O)O)[C@@H]1CCN(c2nc(C(F)(F)F)nc3c2oc2ccc(Cl)cc23)C1. The summed E-state index contributed by atoms with van der Waals surface area (Å²) in [4.78, 5) is 21.3. The Balaban J connectivity index is 1.87. The second-order valence-electron chi connectivity index (χ2n) is 6.57. The molecule has 3 aromatic rings. The summed E-state index contributed by atoms with van der Waals surface area (Å²) in [6.07, 6.45) is -5.39. The van der Waals surface area contributed by atoms with Crippen LogP contribution in [-0.2, 0) is 6.18 Å². The van der Waals surface area contributed by atoms with E-state index in [-0.39, 0.29) is 29.5 Å². The zero-order chi connectivity index (χ0) is 20.2. The number of aromatic nitrogens is 2. The van der Waals surface area contributed by atoms with Gasteiger partial charge < -0.3 is 19.3 Å². The lowest BCUT2D eigenvalue weighted by Gasteiger charge is -2.22. The van der Waals surface area contributed by atoms with Gasteiger partial charge in [0.15, 0.2) is 11.4 Å². The maximum absolute atomic E-state index is 13.4. The Hall–Kier alpha value is -2.75. The third-order valence-corrected chi connectivity index (χ3v) is 5.06. The summed E-state index contributed by atoms with van der Waals surface area (Å²) in [6, 6.07) is 4.25. The maximum atomic E-state index is 13.4. The highest BCUT2D eigenvalue weighted by Gasteiger charge is 2.38. The third kappa shape index (κ3) is 3.07. The van der Waals surface area contributed by atoms with Gasteiger partial charge in [-0.25, -0.2) is 14.8 Å². The minimum absolute atomic E-state index is 0.00839. The number of nitrogens with zero attached hydrogens (tertiary/aromatic N) is 4. The molecule has 1 amide bonds. The van der Waals surface area contributed by atoms with Crippen LogP contribution in [0.15, 0.2) is 22.6 Å². The number of fused-ring (bicyclic) bond motifs is 3. The van der Waals surface area contributed by atoms with Crippen molar-refractivity contribution in [1.29, 1.82) is 0 Å². The molecule has 28 heavy (non-hydrogen) atoms. The number of rotatable bonds is 2. The minimum Gasteiger partial charge on any atom is -0.465 e. The van der Waals surface area contributed by atoms with Crippen molar-refractivity contribution >= 4 is 45.6 Å². The number of amides is 1. The first-order valence-corrected chi connectivity index (χ1v) is 8.70. The smallest absolute Gasteiger partial charge is 0.451 e. The molecule has 11 heteroatoms. The van der Waals surface area contributed by atoms with Gasteiger partial charge in [-0.15, -0.1) is 0 Å². The molecule has 7 nitrogen and oxygen atoms in total. The highest BCUT2D eigenvalue weighted by molar-refractivity contribution is 6.31. The van der Waals surface area contributed by atoms with Crippen molar-refractivity contribution in [2.45, 2.75) is 18.6 Å². The number of benzene rings is 1. The van der Waals surface area contributed by atoms with Gasteiger partial charge in [-0.05, 0) is 24.6 Å². The number of anilines is 1. The van der Waals surface area contributed by atoms with E-state index in [0.29, 0.717) is 29.0 Å². The number of hydrogen-bond donors (Lipinski definition) is 1. The van der Waals surface area contributed by atoms with Crippen LogP contribution in [0.25, 0.3) is 22.1 Å². The van der Waals surface area contributed by atoms with E-state index < -0.39 is 18.1 Å². The van der Waals surface area contributed by atoms with Gasteiger partial charge in [0, 0.05) is 30.5 Å². The van der Waals surface area contributed by atoms with Gasteiger partial charge in [0.25, 0.3) is 0 Å². The summed E-state index contributed by atoms with van der Waals surface area (Å²) < 4.78 is 45.9. The Kier molecular flexibility index (Phi) is 4.25. The van der Waals surface area contributed by atoms with Crippen LogP contribution in [0, 0.1) is 0 Å². The molecule has 1 aliphatic rings. The molecule has 1 atom stereocenters. The highest BCUT2D eigenvalue weighted by atomic mass is 35.5. The Morgan fingerprint density at radius 2 is 2.14 bits per heavy atom. The van der Waals surface area contributed by atoms with Crippen molar-refractivity contribution in [3.63, 3.8) is 0 Å². The molecule has 2 aromatic heterocycles. The molecular weight excluding hydrogens is 401 g/mol. The van der Waals surface area contributed by atoms with Crippen LogP contribution in [0.3, 0.4) is 0 Å². The van der Waals surface area contributed by atoms with E-state index in [1.807, 2.05) is 0 Å². The van der Waals surface area contributed by atoms with Gasteiger partial charge >= 0.3 is 12.3 Å². The summed E-state index contributed by atoms with van der Waals surface area (Å²) in [5.41, 5.74) is 0.474. The molecule has 1 aromatic carbocycles. The average molecular weight is 415 g/mol. The van der Waals surface area contributed by atoms with Crippen LogP contribution in [-0.4, -0.2) is 52.2 Å². The molecule has 1 N–H and O–H groups in total. The number of alkyl halides is 3. The predicted molar refractivity (Wildman–Crippen MR) is 95.7 cm³/mol. The van der Waals surface area contributed by atoms with E-state index in [2.05, 4.69) is 9.97 Å². The molecule has 148 valence electrons. The van der Waals surface area contributed by atoms with Crippen molar-refractivity contribution in [3.05, 3.63) is 29.0 Å². The van der Waals surface area contributed by atoms with Crippen LogP contribution in [0.4, 0.5) is 23.8 Å². The summed E-state index contributed by atoms with van der Waals surface area (Å²) in [5, 5.41) is 9.84. The van der Waals surface area contributed by atoms with E-state index in [4.69, 9.17) is 21.1 Å². The van der Waals surface area contributed by atoms with Gasteiger partial charge in [-0.2, -0.15) is 13.2 Å². The Morgan fingerprint density at radius 3 is 2.82 bits per heavy atom. The molecule has 0 radical (unpaired) electrons. The minimum atomic E-state index is -4.75. The number of carbonyl (C=O) groups is 1. The van der Waals surface area contributed by atoms with Crippen molar-refractivity contribution in [3.8, 4) is 0 Å². The van der Waals surface area contributed by atoms with E-state index in [0.717, 1.165) is 4.90 Å². The molecule has 0 spiro atoms. The summed E-state index contributed by atoms with van der Waals surface area (Å²) in [6.45, 7) is 0.535. The largest absolute Gasteiger partial charge is 0.465 e. The number of likely N-dealkylation sites (N-methyl/N-ethyl adjacent to an activating group) is 1. The Labute approximate surface area is 161 Å². The summed E-state index contributed by atoms with van der Waals surface area (Å²) in [5.74, 6) is -1.29. The van der Waals surface area contributed by atoms with Crippen LogP contribution in [0.2, 0.25) is 5.02 Å². The normalized spacial score (nSPS) is 17.6. The van der Waals surface area contributed by atoms with E-state index in [1.54, 1.807) is 17.0 Å². The van der Waals surface area contributed by atoms with Crippen molar-refractivity contribution in [1.82, 2.24) is 14.9 Å². The first kappa shape index (κ1) is 18.6. The molecule has 0 unspecified atom stereocenters. The topological polar surface area (TPSA) is 82.7 Å². The number of furan rings is 1. The number of halogens is 4. The zero-order valence-electron chi connectivity index (χ0n) is 14.5. The quantitative estimate of drug-likeness (QED) is 0.675. The molecule has 0 aliphatic carbocycles. The third-order valence-electron chi connectivity index (χ3n) is 4.82. The molecule has 4 rings (SSSR count). The van der Waals surface area contributed by atoms with Crippen LogP contribution in [0.1, 0.15) is 12.2 Å². The first-order valence-electron chi connectivity index (χ1n) is 8.33. The first-order chi connectivity index (χ1) is 13.1. The predicted octanol–water partition coefficient (Wildman–Crippen LogP) is 4.24. The fourth-order valence-corrected chi connectivity index (χ4v) is 3.52. The molecule has 1 fully saturated rings. The van der Waals surface area contributed by atoms with Crippen molar-refractivity contribution in [2.24, 2.45) is 0 Å². The van der Waals surface area contributed by atoms with Gasteiger partial charge in [-0.3, -0.25) is 0 Å². The van der Waals surface area contributed by atoms with Crippen LogP contribution < -0.4 is 4.90 Å². The standard InChI is InChI=1S/C17H14ClF3N4O3/c1-24(16(26)27)9-4-5-25(7-9)14-13-12(22-15(23-14)17(19,20)21)10-6-8(18)2-3-11(10)28-13/h2-3,6,9H,4-5,7H2,1H3,(H,26,27)/t9-/m1/s1. The second kappa shape index (κ2) is 6.40. The van der Waals surface area contributed by atoms with Gasteiger partial charge in [0.2, 0.25) is 5.82 Å². The van der Waals surface area contributed by atoms with Gasteiger partial charge in [0.1, 0.15) is 11.1 Å². The van der Waals surface area contributed by atoms with Gasteiger partial charge in [0.05, 0.1) is 6.04 Å². The Morgan fingerprint density at radius 1 is 1.39 bits per heavy atom. The maximum Gasteiger partial charge on any atom is 0.451 e. The van der Waals surface area contributed by atoms with Crippen LogP contribution in [0.5, 0.6) is 0 Å². The van der Waals surface area contributed by atoms with Crippen molar-refractivity contribution < 1.29 is 27.5 Å². The van der Waals surface area contributed by atoms with Crippen molar-refractivity contribution in [2.75, 3.05) is 25.0 Å². The molecule has 3 heterocycles. The summed E-state index contributed by atoms with van der Waals surface area (Å²) in [7, 11) is 1.43. The van der Waals surface area contributed by atoms with E-state index in [1.165, 1.54) is 13.1 Å². The molecular formula is C17H14ClF3N4O3. The lowest BCUT2D eigenvalue weighted by Crippen LogP contribution is -2.38. The Bertz CT molecular complexity index is 1080. The number of hydrogen-bond acceptors (Lipinski definition) is 5. The summed E-state index contributed by atoms with van der Waals surface area (Å²) >= 11 is 5.98. The van der Waals surface area contributed by atoms with E-state index in [9.17, 15) is 18.0 Å². The van der Waals surface area contributed by atoms with Crippen LogP contribution >= 0.6 is 11.6 Å². The average Bonchev–Trinajstić information content (AvgIpc) is 3.24. The molecule has 0 saturated carbocycles. The second-order valence-corrected chi connectivity index (χ2v) is 7.01. The lowest BCUT2D eigenvalue weighted by molar-refractivity contribution is -0.144. The lowest BCUT2D eigenvalue weighted by atomic mass is 10.2. The fourth-order valence-electron chi connectivity index (χ4n) is 3.35. The monoisotopic (exact) mass is 414 g/mol. The fraction of sp³-hybridized carbons (Fsp3) is 0.353.